The molecule has 0 saturated carbocycles. The number of halogens is 1. The van der Waals surface area contributed by atoms with Gasteiger partial charge in [-0.25, -0.2) is 0 Å². The first-order valence-electron chi connectivity index (χ1n) is 9.21. The first-order chi connectivity index (χ1) is 13.1. The minimum absolute atomic E-state index is 0.0385. The van der Waals surface area contributed by atoms with E-state index in [2.05, 4.69) is 15.5 Å². The third-order valence-electron chi connectivity index (χ3n) is 5.23. The maximum atomic E-state index is 12.8. The fraction of sp³-hybridized carbons (Fsp3) is 0.421. The largest absolute Gasteiger partial charge is 0.339 e. The molecule has 7 nitrogen and oxygen atoms in total. The highest BCUT2D eigenvalue weighted by molar-refractivity contribution is 6.31. The first kappa shape index (κ1) is 18.0. The standard InChI is InChI=1S/C19H22ClN5O2/c20-15-4-2-1-3-13(15)11-17(26)24-7-9-25(10-8-24)19(27)18-14-12-21-6-5-16(14)22-23-18/h1-4,21H,5-12H2,(H,22,23). The van der Waals surface area contributed by atoms with E-state index in [4.69, 9.17) is 11.6 Å². The molecule has 3 heterocycles. The molecule has 0 bridgehead atoms. The molecule has 2 aromatic rings. The third-order valence-corrected chi connectivity index (χ3v) is 5.60. The number of hydrogen-bond acceptors (Lipinski definition) is 4. The summed E-state index contributed by atoms with van der Waals surface area (Å²) in [4.78, 5) is 29.0. The number of H-pyrrole nitrogens is 1. The van der Waals surface area contributed by atoms with E-state index in [0.717, 1.165) is 29.8 Å². The number of hydrogen-bond donors (Lipinski definition) is 2. The normalized spacial score (nSPS) is 16.9. The van der Waals surface area contributed by atoms with Crippen molar-refractivity contribution in [2.45, 2.75) is 19.4 Å². The van der Waals surface area contributed by atoms with E-state index in [1.165, 1.54) is 0 Å². The molecule has 8 heteroatoms. The second-order valence-electron chi connectivity index (χ2n) is 6.90. The van der Waals surface area contributed by atoms with Gasteiger partial charge in [-0.05, 0) is 11.6 Å². The molecule has 0 radical (unpaired) electrons. The molecule has 1 saturated heterocycles. The van der Waals surface area contributed by atoms with Crippen LogP contribution in [0.3, 0.4) is 0 Å². The average molecular weight is 388 g/mol. The van der Waals surface area contributed by atoms with Gasteiger partial charge in [0.05, 0.1) is 6.42 Å². The van der Waals surface area contributed by atoms with Crippen molar-refractivity contribution >= 4 is 23.4 Å². The minimum atomic E-state index is -0.0607. The number of rotatable bonds is 3. The number of carbonyl (C=O) groups is 2. The second-order valence-corrected chi connectivity index (χ2v) is 7.30. The first-order valence-corrected chi connectivity index (χ1v) is 9.58. The van der Waals surface area contributed by atoms with Crippen LogP contribution in [-0.2, 0) is 24.2 Å². The summed E-state index contributed by atoms with van der Waals surface area (Å²) >= 11 is 6.15. The maximum Gasteiger partial charge on any atom is 0.274 e. The lowest BCUT2D eigenvalue weighted by Crippen LogP contribution is -2.51. The fourth-order valence-electron chi connectivity index (χ4n) is 3.63. The van der Waals surface area contributed by atoms with E-state index in [-0.39, 0.29) is 18.2 Å². The van der Waals surface area contributed by atoms with Crippen LogP contribution in [0.25, 0.3) is 0 Å². The van der Waals surface area contributed by atoms with Crippen molar-refractivity contribution in [1.29, 1.82) is 0 Å². The van der Waals surface area contributed by atoms with Gasteiger partial charge in [0, 0.05) is 62.0 Å². The SMILES string of the molecule is O=C(Cc1ccccc1Cl)N1CCN(C(=O)c2n[nH]c3c2CNCC3)CC1. The number of piperazine rings is 1. The molecule has 0 spiro atoms. The monoisotopic (exact) mass is 387 g/mol. The highest BCUT2D eigenvalue weighted by Gasteiger charge is 2.29. The van der Waals surface area contributed by atoms with Crippen LogP contribution in [0.4, 0.5) is 0 Å². The van der Waals surface area contributed by atoms with Crippen molar-refractivity contribution in [3.63, 3.8) is 0 Å². The average Bonchev–Trinajstić information content (AvgIpc) is 3.13. The van der Waals surface area contributed by atoms with Gasteiger partial charge in [-0.2, -0.15) is 5.10 Å². The Morgan fingerprint density at radius 1 is 1.11 bits per heavy atom. The van der Waals surface area contributed by atoms with Crippen LogP contribution in [-0.4, -0.2) is 64.5 Å². The predicted octanol–water partition coefficient (Wildman–Crippen LogP) is 1.24. The lowest BCUT2D eigenvalue weighted by atomic mass is 10.1. The van der Waals surface area contributed by atoms with Crippen LogP contribution >= 0.6 is 11.6 Å². The summed E-state index contributed by atoms with van der Waals surface area (Å²) in [7, 11) is 0. The van der Waals surface area contributed by atoms with Gasteiger partial charge in [0.1, 0.15) is 0 Å². The maximum absolute atomic E-state index is 12.8. The molecular formula is C19H22ClN5O2. The number of carbonyl (C=O) groups excluding carboxylic acids is 2. The molecule has 1 fully saturated rings. The minimum Gasteiger partial charge on any atom is -0.339 e. The van der Waals surface area contributed by atoms with E-state index >= 15 is 0 Å². The van der Waals surface area contributed by atoms with Crippen molar-refractivity contribution in [2.24, 2.45) is 0 Å². The highest BCUT2D eigenvalue weighted by Crippen LogP contribution is 2.19. The summed E-state index contributed by atoms with van der Waals surface area (Å²) in [5, 5.41) is 11.1. The summed E-state index contributed by atoms with van der Waals surface area (Å²) in [6.07, 6.45) is 1.14. The van der Waals surface area contributed by atoms with Crippen molar-refractivity contribution in [3.8, 4) is 0 Å². The molecule has 1 aromatic heterocycles. The number of amides is 2. The fourth-order valence-corrected chi connectivity index (χ4v) is 3.83. The summed E-state index contributed by atoms with van der Waals surface area (Å²) < 4.78 is 0. The number of benzene rings is 1. The van der Waals surface area contributed by atoms with Crippen molar-refractivity contribution in [3.05, 3.63) is 51.8 Å². The molecule has 1 aromatic carbocycles. The van der Waals surface area contributed by atoms with Crippen LogP contribution in [0.5, 0.6) is 0 Å². The van der Waals surface area contributed by atoms with Gasteiger partial charge in [0.25, 0.3) is 5.91 Å². The summed E-state index contributed by atoms with van der Waals surface area (Å²) in [5.74, 6) is -0.0223. The molecule has 2 aliphatic heterocycles. The zero-order valence-electron chi connectivity index (χ0n) is 15.0. The number of aromatic amines is 1. The van der Waals surface area contributed by atoms with E-state index in [9.17, 15) is 9.59 Å². The van der Waals surface area contributed by atoms with Gasteiger partial charge in [0.15, 0.2) is 5.69 Å². The third kappa shape index (κ3) is 3.70. The predicted molar refractivity (Wildman–Crippen MR) is 102 cm³/mol. The van der Waals surface area contributed by atoms with Gasteiger partial charge in [-0.1, -0.05) is 29.8 Å². The van der Waals surface area contributed by atoms with Crippen LogP contribution in [0.15, 0.2) is 24.3 Å². The lowest BCUT2D eigenvalue weighted by molar-refractivity contribution is -0.131. The molecule has 2 aliphatic rings. The number of fused-ring (bicyclic) bond motifs is 1. The molecule has 27 heavy (non-hydrogen) atoms. The molecule has 2 N–H and O–H groups in total. The smallest absolute Gasteiger partial charge is 0.274 e. The van der Waals surface area contributed by atoms with Crippen LogP contribution in [0, 0.1) is 0 Å². The van der Waals surface area contributed by atoms with Gasteiger partial charge >= 0.3 is 0 Å². The van der Waals surface area contributed by atoms with Crippen LogP contribution in [0.2, 0.25) is 5.02 Å². The van der Waals surface area contributed by atoms with Gasteiger partial charge < -0.3 is 15.1 Å². The second kappa shape index (κ2) is 7.70. The number of nitrogens with zero attached hydrogens (tertiary/aromatic N) is 3. The Hall–Kier alpha value is -2.38. The van der Waals surface area contributed by atoms with Gasteiger partial charge in [-0.15, -0.1) is 0 Å². The zero-order chi connectivity index (χ0) is 18.8. The summed E-state index contributed by atoms with van der Waals surface area (Å²) in [6.45, 7) is 3.66. The van der Waals surface area contributed by atoms with E-state index < -0.39 is 0 Å². The molecule has 0 aliphatic carbocycles. The number of aromatic nitrogens is 2. The van der Waals surface area contributed by atoms with E-state index in [1.54, 1.807) is 15.9 Å². The molecule has 0 atom stereocenters. The molecule has 4 rings (SSSR count). The zero-order valence-corrected chi connectivity index (χ0v) is 15.8. The van der Waals surface area contributed by atoms with Crippen LogP contribution < -0.4 is 5.32 Å². The summed E-state index contributed by atoms with van der Waals surface area (Å²) in [6, 6.07) is 7.39. The Kier molecular flexibility index (Phi) is 5.13. The Labute approximate surface area is 162 Å². The van der Waals surface area contributed by atoms with E-state index in [1.807, 2.05) is 18.2 Å². The van der Waals surface area contributed by atoms with Crippen LogP contribution in [0.1, 0.15) is 27.3 Å². The topological polar surface area (TPSA) is 81.3 Å². The number of nitrogens with one attached hydrogen (secondary N) is 2. The van der Waals surface area contributed by atoms with Crippen molar-refractivity contribution < 1.29 is 9.59 Å². The van der Waals surface area contributed by atoms with Crippen molar-refractivity contribution in [2.75, 3.05) is 32.7 Å². The Bertz CT molecular complexity index is 858. The molecule has 2 amide bonds. The van der Waals surface area contributed by atoms with Gasteiger partial charge in [0.2, 0.25) is 5.91 Å². The quantitative estimate of drug-likeness (QED) is 0.830. The Morgan fingerprint density at radius 3 is 2.63 bits per heavy atom. The molecule has 142 valence electrons. The highest BCUT2D eigenvalue weighted by atomic mass is 35.5. The summed E-state index contributed by atoms with van der Waals surface area (Å²) in [5.41, 5.74) is 3.36. The molecule has 0 unspecified atom stereocenters. The molecular weight excluding hydrogens is 366 g/mol. The van der Waals surface area contributed by atoms with Gasteiger partial charge in [-0.3, -0.25) is 14.7 Å². The Balaban J connectivity index is 1.36. The van der Waals surface area contributed by atoms with Crippen molar-refractivity contribution in [1.82, 2.24) is 25.3 Å². The lowest BCUT2D eigenvalue weighted by Gasteiger charge is -2.34. The Morgan fingerprint density at radius 2 is 1.85 bits per heavy atom. The van der Waals surface area contributed by atoms with E-state index in [0.29, 0.717) is 43.4 Å².